The molecule has 0 rings (SSSR count). The van der Waals surface area contributed by atoms with Gasteiger partial charge in [0.2, 0.25) is 0 Å². The van der Waals surface area contributed by atoms with E-state index >= 15 is 0 Å². The second kappa shape index (κ2) is 10.6. The first-order chi connectivity index (χ1) is 9.33. The third-order valence-corrected chi connectivity index (χ3v) is 3.49. The van der Waals surface area contributed by atoms with E-state index in [0.717, 1.165) is 58.3 Å². The maximum Gasteiger partial charge on any atom is 0.0627 e. The van der Waals surface area contributed by atoms with Crippen LogP contribution in [0.2, 0.25) is 0 Å². The van der Waals surface area contributed by atoms with Crippen molar-refractivity contribution in [1.82, 2.24) is 0 Å². The second-order valence-electron chi connectivity index (χ2n) is 6.71. The zero-order valence-electron chi connectivity index (χ0n) is 14.0. The normalized spacial score (nSPS) is 12.9. The fraction of sp³-hybridized carbons (Fsp3) is 1.00. The lowest BCUT2D eigenvalue weighted by atomic mass is 10.0. The van der Waals surface area contributed by atoms with Gasteiger partial charge in [0, 0.05) is 13.2 Å². The number of ether oxygens (including phenoxy) is 2. The minimum Gasteiger partial charge on any atom is -0.376 e. The Morgan fingerprint density at radius 2 is 1.10 bits per heavy atom. The predicted octanol–water partition coefficient (Wildman–Crippen LogP) is 2.83. The maximum atomic E-state index is 5.93. The summed E-state index contributed by atoms with van der Waals surface area (Å²) in [6.07, 6.45) is 6.25. The van der Waals surface area contributed by atoms with E-state index in [9.17, 15) is 0 Å². The van der Waals surface area contributed by atoms with Crippen molar-refractivity contribution in [3.63, 3.8) is 0 Å². The van der Waals surface area contributed by atoms with Crippen LogP contribution in [0.1, 0.15) is 66.2 Å². The van der Waals surface area contributed by atoms with Gasteiger partial charge in [0.1, 0.15) is 0 Å². The molecule has 4 heteroatoms. The van der Waals surface area contributed by atoms with Crippen LogP contribution in [0.5, 0.6) is 0 Å². The summed E-state index contributed by atoms with van der Waals surface area (Å²) in [5, 5.41) is 0. The number of unbranched alkanes of at least 4 members (excludes halogenated alkanes) is 1. The Kier molecular flexibility index (Phi) is 10.5. The number of hydrogen-bond acceptors (Lipinski definition) is 4. The zero-order valence-corrected chi connectivity index (χ0v) is 14.0. The average molecular weight is 288 g/mol. The molecule has 0 atom stereocenters. The molecule has 122 valence electrons. The van der Waals surface area contributed by atoms with Gasteiger partial charge in [0.25, 0.3) is 0 Å². The van der Waals surface area contributed by atoms with Crippen molar-refractivity contribution in [3.8, 4) is 0 Å². The van der Waals surface area contributed by atoms with Crippen molar-refractivity contribution >= 4 is 0 Å². The molecular weight excluding hydrogens is 252 g/mol. The summed E-state index contributed by atoms with van der Waals surface area (Å²) in [6, 6.07) is 0. The van der Waals surface area contributed by atoms with Gasteiger partial charge in [0.05, 0.1) is 11.2 Å². The molecule has 0 heterocycles. The van der Waals surface area contributed by atoms with Gasteiger partial charge in [-0.1, -0.05) is 0 Å². The molecule has 0 bridgehead atoms. The molecule has 0 aromatic rings. The van der Waals surface area contributed by atoms with E-state index in [0.29, 0.717) is 6.54 Å². The van der Waals surface area contributed by atoms with Crippen LogP contribution in [0.4, 0.5) is 0 Å². The van der Waals surface area contributed by atoms with Gasteiger partial charge < -0.3 is 20.9 Å². The summed E-state index contributed by atoms with van der Waals surface area (Å²) in [7, 11) is 0. The topological polar surface area (TPSA) is 70.5 Å². The molecule has 0 saturated carbocycles. The lowest BCUT2D eigenvalue weighted by molar-refractivity contribution is -0.0379. The third-order valence-electron chi connectivity index (χ3n) is 3.49. The molecule has 0 unspecified atom stereocenters. The van der Waals surface area contributed by atoms with Crippen LogP contribution in [-0.2, 0) is 9.47 Å². The first-order valence-corrected chi connectivity index (χ1v) is 8.01. The highest BCUT2D eigenvalue weighted by atomic mass is 16.5. The second-order valence-corrected chi connectivity index (χ2v) is 6.71. The van der Waals surface area contributed by atoms with Crippen LogP contribution in [0, 0.1) is 0 Å². The van der Waals surface area contributed by atoms with Gasteiger partial charge >= 0.3 is 0 Å². The van der Waals surface area contributed by atoms with Gasteiger partial charge in [-0.25, -0.2) is 0 Å². The molecule has 0 radical (unpaired) electrons. The molecule has 20 heavy (non-hydrogen) atoms. The molecule has 0 amide bonds. The first kappa shape index (κ1) is 19.8. The van der Waals surface area contributed by atoms with Crippen LogP contribution < -0.4 is 11.5 Å². The standard InChI is InChI=1S/C16H36N2O2/c1-15(2,20-14-8-12-18)9-5-6-13-19-16(3,4)10-7-11-17/h5-14,17-18H2,1-4H3. The van der Waals surface area contributed by atoms with E-state index in [-0.39, 0.29) is 11.2 Å². The summed E-state index contributed by atoms with van der Waals surface area (Å²) in [5.41, 5.74) is 10.9. The van der Waals surface area contributed by atoms with Gasteiger partial charge in [-0.15, -0.1) is 0 Å². The van der Waals surface area contributed by atoms with Gasteiger partial charge in [-0.2, -0.15) is 0 Å². The third kappa shape index (κ3) is 11.6. The molecule has 0 aromatic heterocycles. The molecule has 4 N–H and O–H groups in total. The fourth-order valence-corrected chi connectivity index (χ4v) is 2.11. The predicted molar refractivity (Wildman–Crippen MR) is 85.9 cm³/mol. The minimum atomic E-state index is -0.0514. The van der Waals surface area contributed by atoms with E-state index in [1.54, 1.807) is 0 Å². The quantitative estimate of drug-likeness (QED) is 0.511. The largest absolute Gasteiger partial charge is 0.376 e. The van der Waals surface area contributed by atoms with Crippen molar-refractivity contribution in [1.29, 1.82) is 0 Å². The van der Waals surface area contributed by atoms with Gasteiger partial charge in [-0.3, -0.25) is 0 Å². The number of nitrogens with two attached hydrogens (primary N) is 2. The maximum absolute atomic E-state index is 5.93. The molecule has 0 aliphatic carbocycles. The van der Waals surface area contributed by atoms with Crippen LogP contribution in [-0.4, -0.2) is 37.5 Å². The summed E-state index contributed by atoms with van der Waals surface area (Å²) >= 11 is 0. The Balaban J connectivity index is 3.64. The van der Waals surface area contributed by atoms with Gasteiger partial charge in [-0.05, 0) is 79.3 Å². The highest BCUT2D eigenvalue weighted by molar-refractivity contribution is 4.70. The molecule has 0 aliphatic rings. The molecule has 4 nitrogen and oxygen atoms in total. The van der Waals surface area contributed by atoms with Crippen molar-refractivity contribution < 1.29 is 9.47 Å². The molecule has 0 spiro atoms. The van der Waals surface area contributed by atoms with E-state index in [2.05, 4.69) is 27.7 Å². The Labute approximate surface area is 125 Å². The molecule has 0 aromatic carbocycles. The minimum absolute atomic E-state index is 0.0491. The lowest BCUT2D eigenvalue weighted by Crippen LogP contribution is -2.27. The van der Waals surface area contributed by atoms with Crippen molar-refractivity contribution in [3.05, 3.63) is 0 Å². The van der Waals surface area contributed by atoms with Crippen LogP contribution in [0.15, 0.2) is 0 Å². The van der Waals surface area contributed by atoms with Crippen molar-refractivity contribution in [2.75, 3.05) is 26.3 Å². The van der Waals surface area contributed by atoms with E-state index in [1.165, 1.54) is 0 Å². The Bertz CT molecular complexity index is 231. The Hall–Kier alpha value is -0.160. The molecular formula is C16H36N2O2. The summed E-state index contributed by atoms with van der Waals surface area (Å²) in [5.74, 6) is 0. The fourth-order valence-electron chi connectivity index (χ4n) is 2.11. The molecule has 0 aliphatic heterocycles. The number of rotatable bonds is 13. The summed E-state index contributed by atoms with van der Waals surface area (Å²) in [6.45, 7) is 11.6. The van der Waals surface area contributed by atoms with Crippen molar-refractivity contribution in [2.45, 2.75) is 77.4 Å². The van der Waals surface area contributed by atoms with E-state index in [4.69, 9.17) is 20.9 Å². The lowest BCUT2D eigenvalue weighted by Gasteiger charge is -2.27. The van der Waals surface area contributed by atoms with Crippen LogP contribution >= 0.6 is 0 Å². The molecule has 0 saturated heterocycles. The van der Waals surface area contributed by atoms with Gasteiger partial charge in [0.15, 0.2) is 0 Å². The highest BCUT2D eigenvalue weighted by Gasteiger charge is 2.19. The summed E-state index contributed by atoms with van der Waals surface area (Å²) < 4.78 is 11.8. The summed E-state index contributed by atoms with van der Waals surface area (Å²) in [4.78, 5) is 0. The zero-order chi connectivity index (χ0) is 15.5. The van der Waals surface area contributed by atoms with E-state index in [1.807, 2.05) is 0 Å². The average Bonchev–Trinajstić information content (AvgIpc) is 2.36. The van der Waals surface area contributed by atoms with Crippen molar-refractivity contribution in [2.24, 2.45) is 11.5 Å². The van der Waals surface area contributed by atoms with Crippen LogP contribution in [0.25, 0.3) is 0 Å². The first-order valence-electron chi connectivity index (χ1n) is 8.01. The Morgan fingerprint density at radius 3 is 1.60 bits per heavy atom. The SMILES string of the molecule is CC(C)(CCCN)OCCCCC(C)(C)OCCCN. The van der Waals surface area contributed by atoms with E-state index < -0.39 is 0 Å². The molecule has 0 fully saturated rings. The van der Waals surface area contributed by atoms with Crippen LogP contribution in [0.3, 0.4) is 0 Å². The highest BCUT2D eigenvalue weighted by Crippen LogP contribution is 2.20. The Morgan fingerprint density at radius 1 is 0.650 bits per heavy atom. The smallest absolute Gasteiger partial charge is 0.0627 e. The number of hydrogen-bond donors (Lipinski definition) is 2. The monoisotopic (exact) mass is 288 g/mol.